The van der Waals surface area contributed by atoms with Crippen molar-refractivity contribution < 1.29 is 14.3 Å². The van der Waals surface area contributed by atoms with E-state index in [1.807, 2.05) is 6.92 Å². The molecule has 5 heteroatoms. The third-order valence-corrected chi connectivity index (χ3v) is 4.81. The third kappa shape index (κ3) is 5.28. The van der Waals surface area contributed by atoms with Gasteiger partial charge < -0.3 is 15.3 Å². The van der Waals surface area contributed by atoms with Gasteiger partial charge >= 0.3 is 0 Å². The molecule has 2 N–H and O–H groups in total. The summed E-state index contributed by atoms with van der Waals surface area (Å²) in [6.07, 6.45) is 3.13. The lowest BCUT2D eigenvalue weighted by atomic mass is 9.95. The third-order valence-electron chi connectivity index (χ3n) is 4.81. The van der Waals surface area contributed by atoms with E-state index in [2.05, 4.69) is 17.1 Å². The Balaban J connectivity index is 1.79. The number of hydrogen-bond donors (Lipinski definition) is 2. The van der Waals surface area contributed by atoms with E-state index in [9.17, 15) is 14.3 Å². The molecule has 134 valence electrons. The second-order valence-electron chi connectivity index (χ2n) is 6.74. The summed E-state index contributed by atoms with van der Waals surface area (Å²) in [5.74, 6) is -0.0285. The zero-order chi connectivity index (χ0) is 17.5. The fourth-order valence-corrected chi connectivity index (χ4v) is 3.27. The van der Waals surface area contributed by atoms with Crippen molar-refractivity contribution in [3.63, 3.8) is 0 Å². The van der Waals surface area contributed by atoms with Gasteiger partial charge in [0.1, 0.15) is 5.82 Å². The van der Waals surface area contributed by atoms with E-state index in [-0.39, 0.29) is 17.6 Å². The van der Waals surface area contributed by atoms with Crippen LogP contribution in [0.5, 0.6) is 0 Å². The minimum Gasteiger partial charge on any atom is -0.387 e. The van der Waals surface area contributed by atoms with Gasteiger partial charge in [-0.05, 0) is 62.5 Å². The molecule has 1 heterocycles. The summed E-state index contributed by atoms with van der Waals surface area (Å²) in [4.78, 5) is 14.3. The number of carbonyl (C=O) groups is 1. The van der Waals surface area contributed by atoms with Gasteiger partial charge in [-0.15, -0.1) is 0 Å². The van der Waals surface area contributed by atoms with Crippen molar-refractivity contribution in [3.05, 3.63) is 35.1 Å². The van der Waals surface area contributed by atoms with E-state index in [4.69, 9.17) is 0 Å². The van der Waals surface area contributed by atoms with Gasteiger partial charge in [-0.2, -0.15) is 0 Å². The van der Waals surface area contributed by atoms with Crippen molar-refractivity contribution in [3.8, 4) is 0 Å². The average Bonchev–Trinajstić information content (AvgIpc) is 2.55. The van der Waals surface area contributed by atoms with Gasteiger partial charge in [-0.25, -0.2) is 4.39 Å². The number of hydrogen-bond acceptors (Lipinski definition) is 3. The summed E-state index contributed by atoms with van der Waals surface area (Å²) < 4.78 is 13.2. The van der Waals surface area contributed by atoms with Crippen LogP contribution in [0.3, 0.4) is 0 Å². The van der Waals surface area contributed by atoms with Crippen LogP contribution in [0.25, 0.3) is 0 Å². The van der Waals surface area contributed by atoms with E-state index in [1.54, 1.807) is 6.07 Å². The van der Waals surface area contributed by atoms with Crippen LogP contribution in [0, 0.1) is 18.7 Å². The fraction of sp³-hybridized carbons (Fsp3) is 0.632. The second-order valence-corrected chi connectivity index (χ2v) is 6.74. The Labute approximate surface area is 144 Å². The molecule has 1 fully saturated rings. The van der Waals surface area contributed by atoms with E-state index >= 15 is 0 Å². The van der Waals surface area contributed by atoms with Gasteiger partial charge in [0.2, 0.25) is 5.91 Å². The maximum absolute atomic E-state index is 13.2. The molecule has 4 nitrogen and oxygen atoms in total. The van der Waals surface area contributed by atoms with Crippen LogP contribution in [0.15, 0.2) is 18.2 Å². The number of β-amino-alcohol motifs (C(OH)–C–C–N with tert-alkyl or cyclic N) is 1. The highest BCUT2D eigenvalue weighted by atomic mass is 19.1. The van der Waals surface area contributed by atoms with Crippen molar-refractivity contribution >= 4 is 5.91 Å². The Kier molecular flexibility index (Phi) is 7.18. The second kappa shape index (κ2) is 9.14. The first-order valence-electron chi connectivity index (χ1n) is 8.95. The average molecular weight is 336 g/mol. The van der Waals surface area contributed by atoms with Gasteiger partial charge in [0, 0.05) is 19.0 Å². The number of piperidine rings is 1. The molecule has 0 saturated carbocycles. The first kappa shape index (κ1) is 18.9. The smallest absolute Gasteiger partial charge is 0.223 e. The van der Waals surface area contributed by atoms with Crippen LogP contribution in [-0.4, -0.2) is 42.1 Å². The summed E-state index contributed by atoms with van der Waals surface area (Å²) in [7, 11) is 0. The van der Waals surface area contributed by atoms with E-state index in [0.717, 1.165) is 56.4 Å². The highest BCUT2D eigenvalue weighted by Gasteiger charge is 2.26. The van der Waals surface area contributed by atoms with Crippen molar-refractivity contribution in [1.82, 2.24) is 10.2 Å². The summed E-state index contributed by atoms with van der Waals surface area (Å²) in [6, 6.07) is 4.49. The number of benzene rings is 1. The van der Waals surface area contributed by atoms with Crippen molar-refractivity contribution in [2.24, 2.45) is 5.92 Å². The van der Waals surface area contributed by atoms with Gasteiger partial charge in [0.15, 0.2) is 0 Å². The molecular formula is C19H29FN2O2. The predicted octanol–water partition coefficient (Wildman–Crippen LogP) is 2.80. The molecule has 1 amide bonds. The minimum atomic E-state index is -0.625. The lowest BCUT2D eigenvalue weighted by Gasteiger charge is -2.32. The molecular weight excluding hydrogens is 307 g/mol. The number of aliphatic hydroxyl groups is 1. The van der Waals surface area contributed by atoms with E-state index in [0.29, 0.717) is 6.54 Å². The van der Waals surface area contributed by atoms with Crippen LogP contribution >= 0.6 is 0 Å². The molecule has 0 aliphatic carbocycles. The molecule has 24 heavy (non-hydrogen) atoms. The molecule has 0 radical (unpaired) electrons. The minimum absolute atomic E-state index is 0.0859. The molecule has 0 aromatic heterocycles. The summed E-state index contributed by atoms with van der Waals surface area (Å²) in [5.41, 5.74) is 1.54. The highest BCUT2D eigenvalue weighted by molar-refractivity contribution is 5.78. The van der Waals surface area contributed by atoms with E-state index < -0.39 is 6.10 Å². The molecule has 0 bridgehead atoms. The first-order chi connectivity index (χ1) is 11.5. The topological polar surface area (TPSA) is 52.6 Å². The van der Waals surface area contributed by atoms with Gasteiger partial charge in [0.05, 0.1) is 6.10 Å². The number of nitrogens with one attached hydrogen (secondary N) is 1. The van der Waals surface area contributed by atoms with Crippen LogP contribution in [0.4, 0.5) is 4.39 Å². The zero-order valence-electron chi connectivity index (χ0n) is 14.7. The number of unbranched alkanes of at least 4 members (excludes halogenated alkanes) is 1. The molecule has 1 atom stereocenters. The number of nitrogens with zero attached hydrogens (tertiary/aromatic N) is 1. The normalized spacial score (nSPS) is 17.7. The van der Waals surface area contributed by atoms with Gasteiger partial charge in [-0.3, -0.25) is 4.79 Å². The molecule has 1 saturated heterocycles. The number of likely N-dealkylation sites (tertiary alicyclic amines) is 1. The van der Waals surface area contributed by atoms with Crippen LogP contribution in [-0.2, 0) is 4.79 Å². The Bertz CT molecular complexity index is 542. The molecule has 1 aliphatic rings. The lowest BCUT2D eigenvalue weighted by Crippen LogP contribution is -2.42. The summed E-state index contributed by atoms with van der Waals surface area (Å²) in [5, 5.41) is 13.4. The Hall–Kier alpha value is -1.46. The Morgan fingerprint density at radius 2 is 2.12 bits per heavy atom. The number of halogens is 1. The van der Waals surface area contributed by atoms with Crippen molar-refractivity contribution in [2.45, 2.75) is 45.6 Å². The molecule has 1 aromatic carbocycles. The number of amides is 1. The van der Waals surface area contributed by atoms with Crippen LogP contribution < -0.4 is 5.32 Å². The molecule has 1 aromatic rings. The molecule has 2 rings (SSSR count). The maximum atomic E-state index is 13.2. The number of carbonyl (C=O) groups excluding carboxylic acids is 1. The van der Waals surface area contributed by atoms with Crippen molar-refractivity contribution in [2.75, 3.05) is 26.2 Å². The van der Waals surface area contributed by atoms with E-state index in [1.165, 1.54) is 12.1 Å². The molecule has 1 unspecified atom stereocenters. The van der Waals surface area contributed by atoms with Gasteiger partial charge in [-0.1, -0.05) is 19.4 Å². The largest absolute Gasteiger partial charge is 0.387 e. The standard InChI is InChI=1S/C19H29FN2O2/c1-3-4-9-21-19(24)15-7-10-22(11-8-15)13-18(23)17-6-5-16(20)12-14(17)2/h5-6,12,15,18,23H,3-4,7-11,13H2,1-2H3,(H,21,24). The quantitative estimate of drug-likeness (QED) is 0.753. The first-order valence-corrected chi connectivity index (χ1v) is 8.95. The lowest BCUT2D eigenvalue weighted by molar-refractivity contribution is -0.126. The monoisotopic (exact) mass is 336 g/mol. The summed E-state index contributed by atoms with van der Waals surface area (Å²) >= 11 is 0. The zero-order valence-corrected chi connectivity index (χ0v) is 14.7. The molecule has 0 spiro atoms. The SMILES string of the molecule is CCCCNC(=O)C1CCN(CC(O)c2ccc(F)cc2C)CC1. The number of rotatable bonds is 7. The van der Waals surface area contributed by atoms with Crippen LogP contribution in [0.2, 0.25) is 0 Å². The highest BCUT2D eigenvalue weighted by Crippen LogP contribution is 2.23. The maximum Gasteiger partial charge on any atom is 0.223 e. The van der Waals surface area contributed by atoms with Gasteiger partial charge in [0.25, 0.3) is 0 Å². The Morgan fingerprint density at radius 3 is 2.75 bits per heavy atom. The molecule has 1 aliphatic heterocycles. The Morgan fingerprint density at radius 1 is 1.42 bits per heavy atom. The predicted molar refractivity (Wildman–Crippen MR) is 93.2 cm³/mol. The van der Waals surface area contributed by atoms with Crippen LogP contribution in [0.1, 0.15) is 49.8 Å². The summed E-state index contributed by atoms with van der Waals surface area (Å²) in [6.45, 7) is 6.83. The number of aliphatic hydroxyl groups excluding tert-OH is 1. The van der Waals surface area contributed by atoms with Crippen molar-refractivity contribution in [1.29, 1.82) is 0 Å². The fourth-order valence-electron chi connectivity index (χ4n) is 3.27. The number of aryl methyl sites for hydroxylation is 1.